The Morgan fingerprint density at radius 1 is 1.14 bits per heavy atom. The van der Waals surface area contributed by atoms with Crippen LogP contribution in [0.15, 0.2) is 43.5 Å². The summed E-state index contributed by atoms with van der Waals surface area (Å²) < 4.78 is 0. The second-order valence-electron chi connectivity index (χ2n) is 2.97. The van der Waals surface area contributed by atoms with Crippen LogP contribution in [0.4, 0.5) is 0 Å². The Hall–Kier alpha value is -0.390. The van der Waals surface area contributed by atoms with Crippen molar-refractivity contribution in [1.29, 1.82) is 0 Å². The molecule has 1 rings (SSSR count). The summed E-state index contributed by atoms with van der Waals surface area (Å²) in [6.07, 6.45) is 5.75. The van der Waals surface area contributed by atoms with Crippen molar-refractivity contribution >= 4 is 31.5 Å². The lowest BCUT2D eigenvalue weighted by Gasteiger charge is -2.08. The van der Waals surface area contributed by atoms with Gasteiger partial charge in [0.15, 0.2) is 0 Å². The van der Waals surface area contributed by atoms with E-state index in [0.29, 0.717) is 0 Å². The molecule has 0 heterocycles. The lowest BCUT2D eigenvalue weighted by atomic mass is 10.0. The molecule has 1 aromatic carbocycles. The zero-order valence-electron chi connectivity index (χ0n) is 8.20. The molecule has 1 unspecified atom stereocenters. The van der Waals surface area contributed by atoms with Gasteiger partial charge in [0, 0.05) is 0 Å². The van der Waals surface area contributed by atoms with Crippen molar-refractivity contribution < 1.29 is 0 Å². The van der Waals surface area contributed by atoms with Crippen LogP contribution in [0.2, 0.25) is 0 Å². The fourth-order valence-electron chi connectivity index (χ4n) is 1.39. The zero-order chi connectivity index (χ0) is 9.68. The van der Waals surface area contributed by atoms with Gasteiger partial charge >= 0.3 is 0 Å². The second-order valence-corrected chi connectivity index (χ2v) is 3.59. The van der Waals surface area contributed by atoms with Gasteiger partial charge in [-0.15, -0.1) is 39.4 Å². The average Bonchev–Trinajstić information content (AvgIpc) is 2.11. The summed E-state index contributed by atoms with van der Waals surface area (Å²) in [6, 6.07) is 6.33. The van der Waals surface area contributed by atoms with Crippen LogP contribution in [0.5, 0.6) is 0 Å². The summed E-state index contributed by atoms with van der Waals surface area (Å²) in [5.74, 6) is 0. The van der Waals surface area contributed by atoms with E-state index in [-0.39, 0.29) is 17.0 Å². The predicted octanol–water partition coefficient (Wildman–Crippen LogP) is 3.22. The van der Waals surface area contributed by atoms with Gasteiger partial charge in [-0.25, -0.2) is 0 Å². The molecule has 14 heavy (non-hydrogen) atoms. The molecule has 0 aliphatic carbocycles. The Labute approximate surface area is 99.1 Å². The Morgan fingerprint density at radius 2 is 1.79 bits per heavy atom. The molecule has 0 amide bonds. The fourth-order valence-corrected chi connectivity index (χ4v) is 1.81. The largest absolute Gasteiger partial charge is 0.114 e. The predicted molar refractivity (Wildman–Crippen MR) is 73.9 cm³/mol. The summed E-state index contributed by atoms with van der Waals surface area (Å²) in [5, 5.41) is 1.26. The van der Waals surface area contributed by atoms with Gasteiger partial charge in [0.05, 0.1) is 0 Å². The van der Waals surface area contributed by atoms with Crippen molar-refractivity contribution in [3.63, 3.8) is 0 Å². The highest BCUT2D eigenvalue weighted by molar-refractivity contribution is 8.93. The zero-order valence-corrected chi connectivity index (χ0v) is 11.1. The number of hydrogen-bond acceptors (Lipinski definition) is 0. The maximum atomic E-state index is 3.76. The smallest absolute Gasteiger partial charge is 0.00911 e. The van der Waals surface area contributed by atoms with Crippen molar-refractivity contribution in [2.45, 2.75) is 12.8 Å². The molecule has 0 nitrogen and oxygen atoms in total. The quantitative estimate of drug-likeness (QED) is 0.582. The van der Waals surface area contributed by atoms with Crippen molar-refractivity contribution in [3.05, 3.63) is 54.6 Å². The lowest BCUT2D eigenvalue weighted by Crippen LogP contribution is -2.04. The molecular formula is C12H16BrP. The average molecular weight is 271 g/mol. The minimum atomic E-state index is 0. The van der Waals surface area contributed by atoms with Crippen LogP contribution in [0.1, 0.15) is 11.1 Å². The molecule has 1 aromatic rings. The first-order valence-corrected chi connectivity index (χ1v) is 4.95. The van der Waals surface area contributed by atoms with E-state index in [2.05, 4.69) is 40.6 Å². The van der Waals surface area contributed by atoms with Crippen LogP contribution >= 0.6 is 26.2 Å². The highest BCUT2D eigenvalue weighted by Crippen LogP contribution is 2.11. The molecule has 0 aliphatic heterocycles. The van der Waals surface area contributed by atoms with Crippen LogP contribution in [-0.4, -0.2) is 0 Å². The number of hydrogen-bond donors (Lipinski definition) is 0. The summed E-state index contributed by atoms with van der Waals surface area (Å²) in [4.78, 5) is 0. The maximum Gasteiger partial charge on any atom is -0.00911 e. The molecule has 0 saturated heterocycles. The maximum absolute atomic E-state index is 3.76. The second kappa shape index (κ2) is 6.98. The third-order valence-corrected chi connectivity index (χ3v) is 2.56. The van der Waals surface area contributed by atoms with E-state index >= 15 is 0 Å². The summed E-state index contributed by atoms with van der Waals surface area (Å²) in [6.45, 7) is 7.52. The van der Waals surface area contributed by atoms with Gasteiger partial charge in [-0.05, 0) is 29.3 Å². The van der Waals surface area contributed by atoms with Crippen molar-refractivity contribution in [2.75, 3.05) is 0 Å². The molecule has 0 saturated carbocycles. The topological polar surface area (TPSA) is 0 Å². The Balaban J connectivity index is 0.00000169. The van der Waals surface area contributed by atoms with Crippen LogP contribution in [-0.2, 0) is 12.8 Å². The molecule has 0 fully saturated rings. The molecule has 2 heteroatoms. The first kappa shape index (κ1) is 13.6. The SMILES string of the molecule is Br.C=CCc1cccc(P)c1CC=C. The van der Waals surface area contributed by atoms with Crippen LogP contribution in [0, 0.1) is 0 Å². The van der Waals surface area contributed by atoms with Gasteiger partial charge in [-0.1, -0.05) is 30.4 Å². The van der Waals surface area contributed by atoms with Crippen molar-refractivity contribution in [2.24, 2.45) is 0 Å². The van der Waals surface area contributed by atoms with Crippen molar-refractivity contribution in [1.82, 2.24) is 0 Å². The third kappa shape index (κ3) is 3.40. The monoisotopic (exact) mass is 270 g/mol. The first-order chi connectivity index (χ1) is 6.29. The summed E-state index contributed by atoms with van der Waals surface area (Å²) in [7, 11) is 2.76. The van der Waals surface area contributed by atoms with Gasteiger partial charge in [0.1, 0.15) is 0 Å². The van der Waals surface area contributed by atoms with E-state index < -0.39 is 0 Å². The van der Waals surface area contributed by atoms with Gasteiger partial charge < -0.3 is 0 Å². The van der Waals surface area contributed by atoms with Crippen LogP contribution in [0.25, 0.3) is 0 Å². The van der Waals surface area contributed by atoms with E-state index in [0.717, 1.165) is 12.8 Å². The Kier molecular flexibility index (Phi) is 6.78. The fraction of sp³-hybridized carbons (Fsp3) is 0.167. The minimum absolute atomic E-state index is 0. The van der Waals surface area contributed by atoms with Gasteiger partial charge in [0.2, 0.25) is 0 Å². The highest BCUT2D eigenvalue weighted by atomic mass is 79.9. The summed E-state index contributed by atoms with van der Waals surface area (Å²) >= 11 is 0. The highest BCUT2D eigenvalue weighted by Gasteiger charge is 2.01. The summed E-state index contributed by atoms with van der Waals surface area (Å²) in [5.41, 5.74) is 2.71. The number of allylic oxidation sites excluding steroid dienone is 2. The Morgan fingerprint density at radius 3 is 2.36 bits per heavy atom. The number of rotatable bonds is 4. The van der Waals surface area contributed by atoms with E-state index in [9.17, 15) is 0 Å². The van der Waals surface area contributed by atoms with E-state index in [1.54, 1.807) is 0 Å². The van der Waals surface area contributed by atoms with Crippen LogP contribution < -0.4 is 5.30 Å². The molecule has 0 aromatic heterocycles. The lowest BCUT2D eigenvalue weighted by molar-refractivity contribution is 1.17. The molecular weight excluding hydrogens is 255 g/mol. The Bertz CT molecular complexity index is 318. The van der Waals surface area contributed by atoms with E-state index in [1.807, 2.05) is 12.2 Å². The molecule has 76 valence electrons. The van der Waals surface area contributed by atoms with Crippen molar-refractivity contribution in [3.8, 4) is 0 Å². The van der Waals surface area contributed by atoms with Crippen LogP contribution in [0.3, 0.4) is 0 Å². The molecule has 0 radical (unpaired) electrons. The van der Waals surface area contributed by atoms with Gasteiger partial charge in [0.25, 0.3) is 0 Å². The third-order valence-electron chi connectivity index (χ3n) is 2.02. The normalized spacial score (nSPS) is 8.93. The van der Waals surface area contributed by atoms with Gasteiger partial charge in [-0.3, -0.25) is 0 Å². The molecule has 0 spiro atoms. The first-order valence-electron chi connectivity index (χ1n) is 4.37. The molecule has 0 bridgehead atoms. The minimum Gasteiger partial charge on any atom is -0.114 e. The number of halogens is 1. The molecule has 0 N–H and O–H groups in total. The standard InChI is InChI=1S/C12H15P.BrH/c1-3-6-10-8-5-9-12(13)11(10)7-4-2;/h3-5,8-9H,1-2,6-7,13H2;1H. The van der Waals surface area contributed by atoms with Gasteiger partial charge in [-0.2, -0.15) is 0 Å². The van der Waals surface area contributed by atoms with E-state index in [4.69, 9.17) is 0 Å². The molecule has 1 atom stereocenters. The molecule has 0 aliphatic rings. The van der Waals surface area contributed by atoms with E-state index in [1.165, 1.54) is 16.4 Å². The number of benzene rings is 1.